The lowest BCUT2D eigenvalue weighted by Gasteiger charge is -2.25. The van der Waals surface area contributed by atoms with E-state index in [-0.39, 0.29) is 22.6 Å². The number of carbonyl (C=O) groups excluding carboxylic acids is 2. The van der Waals surface area contributed by atoms with E-state index in [2.05, 4.69) is 0 Å². The smallest absolute Gasteiger partial charge is 0.300 e. The Hall–Kier alpha value is -4.20. The Labute approximate surface area is 181 Å². The number of nitrogens with zero attached hydrogens (tertiary/aromatic N) is 1. The van der Waals surface area contributed by atoms with Crippen LogP contribution in [0.4, 0.5) is 14.5 Å². The molecule has 0 spiro atoms. The van der Waals surface area contributed by atoms with Gasteiger partial charge in [-0.3, -0.25) is 14.5 Å². The number of Topliss-reactive ketones (excluding diaryl/α,β-unsaturated/α-hetero) is 1. The predicted octanol–water partition coefficient (Wildman–Crippen LogP) is 4.31. The Kier molecular flexibility index (Phi) is 5.36. The molecule has 6 nitrogen and oxygen atoms in total. The number of phenols is 1. The van der Waals surface area contributed by atoms with Gasteiger partial charge in [-0.25, -0.2) is 8.78 Å². The molecule has 0 radical (unpaired) electrons. The van der Waals surface area contributed by atoms with Gasteiger partial charge in [0, 0.05) is 17.3 Å². The highest BCUT2D eigenvalue weighted by Crippen LogP contribution is 2.43. The lowest BCUT2D eigenvalue weighted by molar-refractivity contribution is -0.132. The first-order valence-electron chi connectivity index (χ1n) is 9.51. The summed E-state index contributed by atoms with van der Waals surface area (Å²) in [6, 6.07) is 13.6. The van der Waals surface area contributed by atoms with E-state index in [0.717, 1.165) is 23.1 Å². The van der Waals surface area contributed by atoms with Gasteiger partial charge < -0.3 is 14.9 Å². The quantitative estimate of drug-likeness (QED) is 0.361. The van der Waals surface area contributed by atoms with Crippen LogP contribution in [0, 0.1) is 11.6 Å². The number of benzene rings is 3. The molecule has 1 aliphatic heterocycles. The number of aliphatic hydroxyl groups is 1. The number of amides is 1. The maximum atomic E-state index is 13.9. The molecule has 1 heterocycles. The predicted molar refractivity (Wildman–Crippen MR) is 112 cm³/mol. The summed E-state index contributed by atoms with van der Waals surface area (Å²) in [6.07, 6.45) is 0. The minimum atomic E-state index is -1.20. The van der Waals surface area contributed by atoms with Crippen LogP contribution in [0.3, 0.4) is 0 Å². The van der Waals surface area contributed by atoms with Crippen LogP contribution in [0.1, 0.15) is 17.2 Å². The van der Waals surface area contributed by atoms with Crippen LogP contribution in [-0.4, -0.2) is 29.0 Å². The van der Waals surface area contributed by atoms with Gasteiger partial charge in [0.1, 0.15) is 17.3 Å². The van der Waals surface area contributed by atoms with Gasteiger partial charge in [-0.1, -0.05) is 12.1 Å². The van der Waals surface area contributed by atoms with Crippen molar-refractivity contribution < 1.29 is 33.3 Å². The molecule has 1 unspecified atom stereocenters. The van der Waals surface area contributed by atoms with Crippen LogP contribution < -0.4 is 9.64 Å². The molecule has 32 heavy (non-hydrogen) atoms. The minimum Gasteiger partial charge on any atom is -0.508 e. The van der Waals surface area contributed by atoms with Crippen LogP contribution >= 0.6 is 0 Å². The van der Waals surface area contributed by atoms with E-state index in [4.69, 9.17) is 4.74 Å². The molecular weight excluding hydrogens is 420 g/mol. The highest BCUT2D eigenvalue weighted by atomic mass is 19.2. The van der Waals surface area contributed by atoms with Gasteiger partial charge in [-0.15, -0.1) is 0 Å². The largest absolute Gasteiger partial charge is 0.508 e. The van der Waals surface area contributed by atoms with Crippen molar-refractivity contribution >= 4 is 23.1 Å². The van der Waals surface area contributed by atoms with Gasteiger partial charge in [-0.2, -0.15) is 0 Å². The maximum Gasteiger partial charge on any atom is 0.300 e. The molecule has 1 aliphatic rings. The van der Waals surface area contributed by atoms with Crippen molar-refractivity contribution in [2.45, 2.75) is 6.04 Å². The summed E-state index contributed by atoms with van der Waals surface area (Å²) in [5, 5.41) is 20.9. The second-order valence-corrected chi connectivity index (χ2v) is 7.09. The van der Waals surface area contributed by atoms with Crippen LogP contribution in [0.15, 0.2) is 72.3 Å². The molecular formula is C24H17F2NO5. The molecule has 3 aromatic rings. The number of aromatic hydroxyl groups is 1. The van der Waals surface area contributed by atoms with Crippen molar-refractivity contribution in [1.29, 1.82) is 0 Å². The number of ketones is 1. The summed E-state index contributed by atoms with van der Waals surface area (Å²) < 4.78 is 32.5. The first-order valence-corrected chi connectivity index (χ1v) is 9.51. The van der Waals surface area contributed by atoms with Crippen molar-refractivity contribution in [1.82, 2.24) is 0 Å². The van der Waals surface area contributed by atoms with Crippen molar-refractivity contribution in [3.05, 3.63) is 95.1 Å². The Bertz CT molecular complexity index is 1250. The van der Waals surface area contributed by atoms with Crippen LogP contribution in [0.25, 0.3) is 5.76 Å². The monoisotopic (exact) mass is 437 g/mol. The van der Waals surface area contributed by atoms with Crippen LogP contribution in [0.5, 0.6) is 11.5 Å². The number of rotatable bonds is 4. The summed E-state index contributed by atoms with van der Waals surface area (Å²) in [4.78, 5) is 26.9. The Morgan fingerprint density at radius 2 is 1.69 bits per heavy atom. The number of ether oxygens (including phenoxy) is 1. The van der Waals surface area contributed by atoms with Crippen molar-refractivity contribution in [3.63, 3.8) is 0 Å². The lowest BCUT2D eigenvalue weighted by atomic mass is 9.95. The average Bonchev–Trinajstić information content (AvgIpc) is 3.06. The number of phenolic OH excluding ortho intramolecular Hbond substituents is 1. The van der Waals surface area contributed by atoms with E-state index in [1.807, 2.05) is 0 Å². The van der Waals surface area contributed by atoms with E-state index in [0.29, 0.717) is 11.3 Å². The fourth-order valence-electron chi connectivity index (χ4n) is 3.65. The minimum absolute atomic E-state index is 0.0758. The molecule has 1 atom stereocenters. The zero-order valence-corrected chi connectivity index (χ0v) is 16.8. The molecule has 162 valence electrons. The van der Waals surface area contributed by atoms with E-state index in [1.54, 1.807) is 18.2 Å². The molecule has 1 fully saturated rings. The Morgan fingerprint density at radius 3 is 2.31 bits per heavy atom. The van der Waals surface area contributed by atoms with Gasteiger partial charge >= 0.3 is 0 Å². The van der Waals surface area contributed by atoms with E-state index in [1.165, 1.54) is 37.4 Å². The number of methoxy groups -OCH3 is 1. The first-order chi connectivity index (χ1) is 15.3. The second-order valence-electron chi connectivity index (χ2n) is 7.09. The van der Waals surface area contributed by atoms with Crippen LogP contribution in [0.2, 0.25) is 0 Å². The van der Waals surface area contributed by atoms with E-state index >= 15 is 0 Å². The third kappa shape index (κ3) is 3.56. The average molecular weight is 437 g/mol. The number of aliphatic hydroxyl groups excluding tert-OH is 1. The molecule has 8 heteroatoms. The zero-order valence-electron chi connectivity index (χ0n) is 16.8. The molecule has 2 N–H and O–H groups in total. The zero-order chi connectivity index (χ0) is 23.0. The summed E-state index contributed by atoms with van der Waals surface area (Å²) in [6.45, 7) is 0. The summed E-state index contributed by atoms with van der Waals surface area (Å²) in [7, 11) is 1.48. The van der Waals surface area contributed by atoms with Gasteiger partial charge in [0.2, 0.25) is 0 Å². The topological polar surface area (TPSA) is 87.1 Å². The lowest BCUT2D eigenvalue weighted by Crippen LogP contribution is -2.29. The number of carbonyl (C=O) groups is 2. The highest BCUT2D eigenvalue weighted by Gasteiger charge is 2.47. The number of hydrogen-bond acceptors (Lipinski definition) is 5. The molecule has 3 aromatic carbocycles. The third-order valence-electron chi connectivity index (χ3n) is 5.18. The van der Waals surface area contributed by atoms with E-state index in [9.17, 15) is 28.6 Å². The van der Waals surface area contributed by atoms with Crippen LogP contribution in [-0.2, 0) is 9.59 Å². The fourth-order valence-corrected chi connectivity index (χ4v) is 3.65. The molecule has 1 amide bonds. The molecule has 4 rings (SSSR count). The summed E-state index contributed by atoms with van der Waals surface area (Å²) in [5.41, 5.74) is 0.215. The van der Waals surface area contributed by atoms with Crippen molar-refractivity contribution in [2.75, 3.05) is 12.0 Å². The first kappa shape index (κ1) is 21.0. The summed E-state index contributed by atoms with van der Waals surface area (Å²) in [5.74, 6) is -4.41. The Balaban J connectivity index is 1.94. The maximum absolute atomic E-state index is 13.9. The third-order valence-corrected chi connectivity index (χ3v) is 5.18. The fraction of sp³-hybridized carbons (Fsp3) is 0.0833. The molecule has 0 bridgehead atoms. The molecule has 0 aliphatic carbocycles. The van der Waals surface area contributed by atoms with Gasteiger partial charge in [0.05, 0.1) is 18.7 Å². The molecule has 0 saturated carbocycles. The van der Waals surface area contributed by atoms with Gasteiger partial charge in [0.25, 0.3) is 11.7 Å². The van der Waals surface area contributed by atoms with Crippen molar-refractivity contribution in [3.8, 4) is 11.5 Å². The SMILES string of the molecule is COc1ccc(/C(O)=C2\C(=O)C(=O)N(c3ccc(F)c(F)c3)C2c2cccc(O)c2)cc1. The molecule has 0 aromatic heterocycles. The van der Waals surface area contributed by atoms with Crippen molar-refractivity contribution in [2.24, 2.45) is 0 Å². The second kappa shape index (κ2) is 8.14. The van der Waals surface area contributed by atoms with E-state index < -0.39 is 35.1 Å². The normalized spacial score (nSPS) is 17.6. The Morgan fingerprint density at radius 1 is 0.969 bits per heavy atom. The highest BCUT2D eigenvalue weighted by molar-refractivity contribution is 6.51. The number of halogens is 2. The number of anilines is 1. The summed E-state index contributed by atoms with van der Waals surface area (Å²) >= 11 is 0. The standard InChI is InChI=1S/C24H17F2NO5/c1-32-17-8-5-13(6-9-17)22(29)20-21(14-3-2-4-16(28)11-14)27(24(31)23(20)30)15-7-10-18(25)19(26)12-15/h2-12,21,28-29H,1H3/b22-20+. The van der Waals surface area contributed by atoms with Gasteiger partial charge in [0.15, 0.2) is 11.6 Å². The number of hydrogen-bond donors (Lipinski definition) is 2. The molecule has 1 saturated heterocycles. The van der Waals surface area contributed by atoms with Gasteiger partial charge in [-0.05, 0) is 54.1 Å².